The number of amides is 3. The Hall–Kier alpha value is -7.17. The minimum absolute atomic E-state index is 0.0183. The lowest BCUT2D eigenvalue weighted by Gasteiger charge is -2.36. The predicted octanol–water partition coefficient (Wildman–Crippen LogP) is 9.76. The Morgan fingerprint density at radius 2 is 1.65 bits per heavy atom. The van der Waals surface area contributed by atoms with Gasteiger partial charge >= 0.3 is 5.97 Å². The molecule has 16 heteroatoms. The number of fused-ring (bicyclic) bond motifs is 3. The molecule has 1 unspecified atom stereocenters. The molecule has 11 rings (SSSR count). The van der Waals surface area contributed by atoms with Gasteiger partial charge in [0.1, 0.15) is 11.6 Å². The van der Waals surface area contributed by atoms with Gasteiger partial charge in [-0.15, -0.1) is 0 Å². The van der Waals surface area contributed by atoms with Crippen molar-refractivity contribution < 1.29 is 29.0 Å². The van der Waals surface area contributed by atoms with Crippen LogP contribution in [0.25, 0.3) is 32.4 Å². The Balaban J connectivity index is 0.658. The zero-order valence-corrected chi connectivity index (χ0v) is 43.1. The molecule has 15 nitrogen and oxygen atoms in total. The van der Waals surface area contributed by atoms with Gasteiger partial charge in [-0.3, -0.25) is 29.9 Å². The Morgan fingerprint density at radius 3 is 2.45 bits per heavy atom. The number of aromatic carboxylic acids is 1. The molecule has 3 aliphatic heterocycles. The SMILES string of the molecule is Cc1c(OC2CCC(CC[C@@H](C)CN3CCN(c4nc5ccc(C6CCC(=O)NC6=O)cc5n4C)CC3)CC2)cccc1-c1ccc(N2CCc3cccc(C(=O)Nc4nc5ccccc5s4)c3C2)nc1C(=O)O. The third-order valence-electron chi connectivity index (χ3n) is 15.9. The fourth-order valence-corrected chi connectivity index (χ4v) is 12.6. The van der Waals surface area contributed by atoms with Crippen molar-refractivity contribution in [3.8, 4) is 16.9 Å². The van der Waals surface area contributed by atoms with Gasteiger partial charge in [-0.25, -0.2) is 19.7 Å². The van der Waals surface area contributed by atoms with Crippen LogP contribution in [-0.4, -0.2) is 98.6 Å². The number of nitrogens with one attached hydrogen (secondary N) is 2. The van der Waals surface area contributed by atoms with E-state index in [0.717, 1.165) is 119 Å². The number of aryl methyl sites for hydroxylation is 1. The molecule has 3 fully saturated rings. The summed E-state index contributed by atoms with van der Waals surface area (Å²) in [5.41, 5.74) is 8.44. The lowest BCUT2D eigenvalue weighted by atomic mass is 9.83. The average Bonchev–Trinajstić information content (AvgIpc) is 3.98. The van der Waals surface area contributed by atoms with E-state index >= 15 is 0 Å². The van der Waals surface area contributed by atoms with Crippen LogP contribution in [-0.2, 0) is 29.6 Å². The quantitative estimate of drug-likeness (QED) is 0.0882. The second-order valence-corrected chi connectivity index (χ2v) is 21.8. The number of carboxylic acids is 1. The zero-order chi connectivity index (χ0) is 51.0. The molecule has 382 valence electrons. The van der Waals surface area contributed by atoms with Crippen LogP contribution in [0.5, 0.6) is 5.75 Å². The van der Waals surface area contributed by atoms with Crippen LogP contribution in [0.1, 0.15) is 107 Å². The number of hydrogen-bond acceptors (Lipinski definition) is 12. The van der Waals surface area contributed by atoms with E-state index in [1.807, 2.05) is 92.8 Å². The zero-order valence-electron chi connectivity index (χ0n) is 42.3. The van der Waals surface area contributed by atoms with Crippen molar-refractivity contribution in [2.24, 2.45) is 18.9 Å². The maximum atomic E-state index is 13.7. The lowest BCUT2D eigenvalue weighted by molar-refractivity contribution is -0.134. The number of piperidine rings is 1. The highest BCUT2D eigenvalue weighted by Crippen LogP contribution is 2.38. The number of para-hydroxylation sites is 1. The molecule has 0 bridgehead atoms. The van der Waals surface area contributed by atoms with Gasteiger partial charge in [0.25, 0.3) is 5.91 Å². The Morgan fingerprint density at radius 1 is 0.838 bits per heavy atom. The van der Waals surface area contributed by atoms with E-state index < -0.39 is 5.97 Å². The number of aromatic nitrogens is 4. The molecule has 1 saturated carbocycles. The van der Waals surface area contributed by atoms with E-state index in [0.29, 0.717) is 66.3 Å². The minimum Gasteiger partial charge on any atom is -0.490 e. The number of imide groups is 1. The first-order valence-corrected chi connectivity index (χ1v) is 27.0. The number of rotatable bonds is 14. The topological polar surface area (TPSA) is 175 Å². The van der Waals surface area contributed by atoms with Gasteiger partial charge < -0.3 is 24.2 Å². The number of imidazole rings is 1. The molecule has 3 amide bonds. The van der Waals surface area contributed by atoms with Crippen LogP contribution in [0, 0.1) is 18.8 Å². The van der Waals surface area contributed by atoms with E-state index in [2.05, 4.69) is 53.9 Å². The summed E-state index contributed by atoms with van der Waals surface area (Å²) in [6, 6.07) is 29.3. The van der Waals surface area contributed by atoms with Gasteiger partial charge in [0.05, 0.1) is 33.3 Å². The molecule has 2 atom stereocenters. The second-order valence-electron chi connectivity index (χ2n) is 20.8. The molecule has 6 heterocycles. The standard InChI is InChI=1S/C58H63N9O6S/c1-35(33-65-28-30-66(31-29-65)58-60-46-23-18-39(32-48(46)64(58)3)42-22-25-52(68)62-54(42)69)14-15-37-16-19-40(20-17-37)73-49-12-7-9-41(36(49)2)43-21-24-51(61-53(43)56(71)72)67-27-26-38-8-6-10-44(45(38)34-67)55(70)63-57-59-47-11-4-5-13-50(47)74-57/h4-13,18,21,23-24,32,35,37,40,42H,14-17,19-20,22,25-31,33-34H2,1-3H3,(H,71,72)(H,59,63,70)(H,62,68,69)/t35-,37?,40?,42?/m1/s1. The number of carbonyl (C=O) groups excluding carboxylic acids is 3. The summed E-state index contributed by atoms with van der Waals surface area (Å²) >= 11 is 1.44. The molecule has 1 aliphatic carbocycles. The molecule has 3 N–H and O–H groups in total. The number of nitrogens with zero attached hydrogens (tertiary/aromatic N) is 7. The molecule has 0 radical (unpaired) electrons. The molecule has 0 spiro atoms. The first-order chi connectivity index (χ1) is 35.9. The van der Waals surface area contributed by atoms with Crippen LogP contribution in [0.15, 0.2) is 91.0 Å². The van der Waals surface area contributed by atoms with Crippen molar-refractivity contribution >= 4 is 73.2 Å². The van der Waals surface area contributed by atoms with E-state index in [1.54, 1.807) is 0 Å². The van der Waals surface area contributed by atoms with E-state index in [1.165, 1.54) is 24.2 Å². The van der Waals surface area contributed by atoms with E-state index in [-0.39, 0.29) is 35.4 Å². The molecule has 3 aromatic heterocycles. The summed E-state index contributed by atoms with van der Waals surface area (Å²) in [6.45, 7) is 10.3. The molecule has 74 heavy (non-hydrogen) atoms. The third kappa shape index (κ3) is 10.2. The average molecular weight is 1010 g/mol. The number of pyridine rings is 1. The van der Waals surface area contributed by atoms with Crippen molar-refractivity contribution in [2.75, 3.05) is 54.4 Å². The van der Waals surface area contributed by atoms with Crippen LogP contribution < -0.4 is 25.2 Å². The van der Waals surface area contributed by atoms with Crippen molar-refractivity contribution in [1.82, 2.24) is 29.7 Å². The molecule has 2 saturated heterocycles. The first-order valence-electron chi connectivity index (χ1n) is 26.2. The summed E-state index contributed by atoms with van der Waals surface area (Å²) in [6.07, 6.45) is 8.35. The van der Waals surface area contributed by atoms with Crippen molar-refractivity contribution in [1.29, 1.82) is 0 Å². The number of hydrogen-bond donors (Lipinski definition) is 3. The van der Waals surface area contributed by atoms with Crippen molar-refractivity contribution in [2.45, 2.75) is 90.2 Å². The van der Waals surface area contributed by atoms with Gasteiger partial charge in [-0.1, -0.05) is 67.1 Å². The number of benzene rings is 4. The first kappa shape index (κ1) is 49.1. The summed E-state index contributed by atoms with van der Waals surface area (Å²) in [4.78, 5) is 72.2. The largest absolute Gasteiger partial charge is 0.490 e. The van der Waals surface area contributed by atoms with Crippen molar-refractivity contribution in [3.05, 3.63) is 125 Å². The maximum Gasteiger partial charge on any atom is 0.355 e. The fourth-order valence-electron chi connectivity index (χ4n) is 11.7. The number of carbonyl (C=O) groups is 4. The monoisotopic (exact) mass is 1010 g/mol. The molecular formula is C58H63N9O6S. The van der Waals surface area contributed by atoms with Gasteiger partial charge in [-0.05, 0) is 140 Å². The number of ether oxygens (including phenoxy) is 1. The van der Waals surface area contributed by atoms with E-state index in [9.17, 15) is 24.3 Å². The smallest absolute Gasteiger partial charge is 0.355 e. The lowest BCUT2D eigenvalue weighted by Crippen LogP contribution is -2.48. The highest BCUT2D eigenvalue weighted by Gasteiger charge is 2.31. The highest BCUT2D eigenvalue weighted by atomic mass is 32.1. The van der Waals surface area contributed by atoms with Gasteiger partial charge in [0.2, 0.25) is 17.8 Å². The van der Waals surface area contributed by atoms with Gasteiger partial charge in [0, 0.05) is 70.4 Å². The van der Waals surface area contributed by atoms with Gasteiger partial charge in [-0.2, -0.15) is 0 Å². The second kappa shape index (κ2) is 21.0. The number of thiazole rings is 1. The van der Waals surface area contributed by atoms with Gasteiger partial charge in [0.15, 0.2) is 10.8 Å². The summed E-state index contributed by atoms with van der Waals surface area (Å²) in [7, 11) is 2.05. The summed E-state index contributed by atoms with van der Waals surface area (Å²) in [5, 5.41) is 16.6. The fraction of sp³-hybridized carbons (Fsp3) is 0.397. The number of carboxylic acid groups (broad SMARTS) is 1. The minimum atomic E-state index is -1.10. The van der Waals surface area contributed by atoms with Crippen LogP contribution in [0.2, 0.25) is 0 Å². The molecular weight excluding hydrogens is 951 g/mol. The number of piperazine rings is 1. The molecule has 4 aliphatic rings. The Labute approximate surface area is 435 Å². The summed E-state index contributed by atoms with van der Waals surface area (Å²) < 4.78 is 9.85. The van der Waals surface area contributed by atoms with Crippen LogP contribution >= 0.6 is 11.3 Å². The normalized spacial score (nSPS) is 19.9. The third-order valence-corrected chi connectivity index (χ3v) is 16.9. The Kier molecular flexibility index (Phi) is 13.9. The van der Waals surface area contributed by atoms with Crippen LogP contribution in [0.3, 0.4) is 0 Å². The van der Waals surface area contributed by atoms with E-state index in [4.69, 9.17) is 14.7 Å². The predicted molar refractivity (Wildman–Crippen MR) is 289 cm³/mol. The van der Waals surface area contributed by atoms with Crippen molar-refractivity contribution in [3.63, 3.8) is 0 Å². The maximum absolute atomic E-state index is 13.7. The highest BCUT2D eigenvalue weighted by molar-refractivity contribution is 7.22. The van der Waals surface area contributed by atoms with Crippen LogP contribution in [0.4, 0.5) is 16.9 Å². The Bertz CT molecular complexity index is 3250. The number of anilines is 3. The molecule has 7 aromatic rings. The summed E-state index contributed by atoms with van der Waals surface area (Å²) in [5.74, 6) is 1.49. The molecule has 4 aromatic carbocycles.